The molecular weight excluding hydrogens is 238 g/mol. The van der Waals surface area contributed by atoms with Gasteiger partial charge in [-0.05, 0) is 49.1 Å². The minimum absolute atomic E-state index is 0.0506. The molecule has 0 saturated carbocycles. The van der Waals surface area contributed by atoms with Crippen molar-refractivity contribution < 1.29 is 9.21 Å². The number of carbonyl (C=O) groups is 1. The van der Waals surface area contributed by atoms with Crippen LogP contribution in [0.2, 0.25) is 0 Å². The predicted molar refractivity (Wildman–Crippen MR) is 74.8 cm³/mol. The molecule has 0 aliphatic carbocycles. The second kappa shape index (κ2) is 6.23. The Bertz CT molecular complexity index is 544. The first-order valence-electron chi connectivity index (χ1n) is 6.50. The highest BCUT2D eigenvalue weighted by Crippen LogP contribution is 2.11. The molecule has 0 fully saturated rings. The third-order valence-electron chi connectivity index (χ3n) is 3.25. The summed E-state index contributed by atoms with van der Waals surface area (Å²) in [6.45, 7) is 4.64. The Kier molecular flexibility index (Phi) is 4.39. The lowest BCUT2D eigenvalue weighted by molar-refractivity contribution is -0.121. The lowest BCUT2D eigenvalue weighted by Gasteiger charge is -2.06. The second-order valence-electron chi connectivity index (χ2n) is 4.77. The first-order chi connectivity index (χ1) is 9.15. The summed E-state index contributed by atoms with van der Waals surface area (Å²) in [5, 5.41) is 2.85. The van der Waals surface area contributed by atoms with Crippen LogP contribution < -0.4 is 5.32 Å². The van der Waals surface area contributed by atoms with E-state index in [1.807, 2.05) is 12.1 Å². The van der Waals surface area contributed by atoms with Gasteiger partial charge in [0.05, 0.1) is 12.8 Å². The summed E-state index contributed by atoms with van der Waals surface area (Å²) in [5.74, 6) is 0.828. The van der Waals surface area contributed by atoms with Crippen LogP contribution in [0.25, 0.3) is 0 Å². The lowest BCUT2D eigenvalue weighted by Crippen LogP contribution is -2.22. The SMILES string of the molecule is Cc1ccc(CCC(=O)NCc2ccco2)cc1C. The molecule has 0 aliphatic heterocycles. The topological polar surface area (TPSA) is 42.2 Å². The Morgan fingerprint density at radius 2 is 2.05 bits per heavy atom. The highest BCUT2D eigenvalue weighted by Gasteiger charge is 2.04. The van der Waals surface area contributed by atoms with Crippen LogP contribution in [0.3, 0.4) is 0 Å². The number of hydrogen-bond acceptors (Lipinski definition) is 2. The van der Waals surface area contributed by atoms with E-state index in [2.05, 4.69) is 37.4 Å². The Morgan fingerprint density at radius 3 is 2.74 bits per heavy atom. The maximum Gasteiger partial charge on any atom is 0.220 e. The number of nitrogens with one attached hydrogen (secondary N) is 1. The molecule has 0 radical (unpaired) electrons. The fourth-order valence-corrected chi connectivity index (χ4v) is 1.90. The van der Waals surface area contributed by atoms with Crippen molar-refractivity contribution in [3.63, 3.8) is 0 Å². The molecule has 0 saturated heterocycles. The van der Waals surface area contributed by atoms with Gasteiger partial charge in [0, 0.05) is 6.42 Å². The molecule has 0 bridgehead atoms. The zero-order chi connectivity index (χ0) is 13.7. The predicted octanol–water partition coefficient (Wildman–Crippen LogP) is 3.15. The van der Waals surface area contributed by atoms with Gasteiger partial charge in [-0.2, -0.15) is 0 Å². The van der Waals surface area contributed by atoms with E-state index >= 15 is 0 Å². The summed E-state index contributed by atoms with van der Waals surface area (Å²) in [5.41, 5.74) is 3.76. The van der Waals surface area contributed by atoms with Gasteiger partial charge in [-0.15, -0.1) is 0 Å². The Labute approximate surface area is 113 Å². The van der Waals surface area contributed by atoms with E-state index in [-0.39, 0.29) is 5.91 Å². The third kappa shape index (κ3) is 3.98. The summed E-state index contributed by atoms with van der Waals surface area (Å²) in [6.07, 6.45) is 2.88. The minimum Gasteiger partial charge on any atom is -0.467 e. The molecule has 0 aliphatic rings. The smallest absolute Gasteiger partial charge is 0.220 e. The fourth-order valence-electron chi connectivity index (χ4n) is 1.90. The molecule has 2 aromatic rings. The monoisotopic (exact) mass is 257 g/mol. The van der Waals surface area contributed by atoms with Crippen LogP contribution in [0.1, 0.15) is 28.9 Å². The Morgan fingerprint density at radius 1 is 1.21 bits per heavy atom. The molecule has 1 amide bonds. The summed E-state index contributed by atoms with van der Waals surface area (Å²) < 4.78 is 5.16. The van der Waals surface area contributed by atoms with Gasteiger partial charge in [0.1, 0.15) is 5.76 Å². The molecule has 2 rings (SSSR count). The Balaban J connectivity index is 1.78. The largest absolute Gasteiger partial charge is 0.467 e. The van der Waals surface area contributed by atoms with Crippen molar-refractivity contribution in [2.75, 3.05) is 0 Å². The van der Waals surface area contributed by atoms with Gasteiger partial charge in [-0.1, -0.05) is 18.2 Å². The second-order valence-corrected chi connectivity index (χ2v) is 4.77. The number of amides is 1. The standard InChI is InChI=1S/C16H19NO2/c1-12-5-6-14(10-13(12)2)7-8-16(18)17-11-15-4-3-9-19-15/h3-6,9-10H,7-8,11H2,1-2H3,(H,17,18). The van der Waals surface area contributed by atoms with Crippen molar-refractivity contribution in [3.05, 3.63) is 59.0 Å². The van der Waals surface area contributed by atoms with Crippen molar-refractivity contribution in [3.8, 4) is 0 Å². The summed E-state index contributed by atoms with van der Waals surface area (Å²) in [6, 6.07) is 10.0. The van der Waals surface area contributed by atoms with Crippen molar-refractivity contribution in [1.82, 2.24) is 5.32 Å². The van der Waals surface area contributed by atoms with Crippen LogP contribution in [0, 0.1) is 13.8 Å². The first kappa shape index (κ1) is 13.4. The van der Waals surface area contributed by atoms with Crippen LogP contribution in [0.4, 0.5) is 0 Å². The van der Waals surface area contributed by atoms with E-state index in [1.165, 1.54) is 16.7 Å². The minimum atomic E-state index is 0.0506. The first-order valence-corrected chi connectivity index (χ1v) is 6.50. The number of benzene rings is 1. The zero-order valence-corrected chi connectivity index (χ0v) is 11.4. The van der Waals surface area contributed by atoms with E-state index in [9.17, 15) is 4.79 Å². The number of hydrogen-bond donors (Lipinski definition) is 1. The Hall–Kier alpha value is -2.03. The average molecular weight is 257 g/mol. The molecule has 1 N–H and O–H groups in total. The van der Waals surface area contributed by atoms with Crippen molar-refractivity contribution in [2.24, 2.45) is 0 Å². The molecule has 1 heterocycles. The van der Waals surface area contributed by atoms with Crippen LogP contribution in [0.15, 0.2) is 41.0 Å². The average Bonchev–Trinajstić information content (AvgIpc) is 2.91. The summed E-state index contributed by atoms with van der Waals surface area (Å²) in [4.78, 5) is 11.7. The van der Waals surface area contributed by atoms with E-state index in [0.717, 1.165) is 12.2 Å². The molecule has 0 spiro atoms. The fraction of sp³-hybridized carbons (Fsp3) is 0.312. The molecule has 3 nitrogen and oxygen atoms in total. The van der Waals surface area contributed by atoms with E-state index < -0.39 is 0 Å². The highest BCUT2D eigenvalue weighted by molar-refractivity contribution is 5.76. The highest BCUT2D eigenvalue weighted by atomic mass is 16.3. The zero-order valence-electron chi connectivity index (χ0n) is 11.4. The maximum absolute atomic E-state index is 11.7. The number of furan rings is 1. The van der Waals surface area contributed by atoms with Gasteiger partial charge < -0.3 is 9.73 Å². The van der Waals surface area contributed by atoms with E-state index in [4.69, 9.17) is 4.42 Å². The number of rotatable bonds is 5. The van der Waals surface area contributed by atoms with Crippen LogP contribution in [0.5, 0.6) is 0 Å². The van der Waals surface area contributed by atoms with Gasteiger partial charge >= 0.3 is 0 Å². The molecule has 1 aromatic carbocycles. The normalized spacial score (nSPS) is 10.4. The van der Waals surface area contributed by atoms with Gasteiger partial charge in [0.25, 0.3) is 0 Å². The van der Waals surface area contributed by atoms with Gasteiger partial charge in [-0.25, -0.2) is 0 Å². The van der Waals surface area contributed by atoms with Crippen LogP contribution >= 0.6 is 0 Å². The lowest BCUT2D eigenvalue weighted by atomic mass is 10.0. The van der Waals surface area contributed by atoms with Crippen LogP contribution in [-0.4, -0.2) is 5.91 Å². The van der Waals surface area contributed by atoms with Crippen molar-refractivity contribution in [2.45, 2.75) is 33.2 Å². The molecule has 1 aromatic heterocycles. The van der Waals surface area contributed by atoms with Gasteiger partial charge in [0.2, 0.25) is 5.91 Å². The van der Waals surface area contributed by atoms with Crippen LogP contribution in [-0.2, 0) is 17.8 Å². The maximum atomic E-state index is 11.7. The molecule has 0 unspecified atom stereocenters. The van der Waals surface area contributed by atoms with Crippen molar-refractivity contribution >= 4 is 5.91 Å². The molecule has 0 atom stereocenters. The summed E-state index contributed by atoms with van der Waals surface area (Å²) >= 11 is 0. The molecule has 3 heteroatoms. The van der Waals surface area contributed by atoms with Gasteiger partial charge in [0.15, 0.2) is 0 Å². The van der Waals surface area contributed by atoms with E-state index in [1.54, 1.807) is 6.26 Å². The van der Waals surface area contributed by atoms with Gasteiger partial charge in [-0.3, -0.25) is 4.79 Å². The summed E-state index contributed by atoms with van der Waals surface area (Å²) in [7, 11) is 0. The number of aryl methyl sites for hydroxylation is 3. The number of carbonyl (C=O) groups excluding carboxylic acids is 1. The molecule has 19 heavy (non-hydrogen) atoms. The molecule has 100 valence electrons. The quantitative estimate of drug-likeness (QED) is 0.894. The van der Waals surface area contributed by atoms with Crippen molar-refractivity contribution in [1.29, 1.82) is 0 Å². The molecular formula is C16H19NO2. The van der Waals surface area contributed by atoms with E-state index in [0.29, 0.717) is 13.0 Å². The third-order valence-corrected chi connectivity index (χ3v) is 3.25.